The van der Waals surface area contributed by atoms with Crippen molar-refractivity contribution in [1.82, 2.24) is 9.80 Å². The van der Waals surface area contributed by atoms with Gasteiger partial charge in [-0.2, -0.15) is 0 Å². The van der Waals surface area contributed by atoms with Crippen molar-refractivity contribution in [2.75, 3.05) is 27.7 Å². The summed E-state index contributed by atoms with van der Waals surface area (Å²) in [7, 11) is 5.68. The molecule has 0 radical (unpaired) electrons. The van der Waals surface area contributed by atoms with E-state index in [4.69, 9.17) is 37.4 Å². The number of carbonyl (C=O) groups is 2. The highest BCUT2D eigenvalue weighted by atomic mass is 35.5. The maximum atomic E-state index is 13.6. The molecule has 7 nitrogen and oxygen atoms in total. The number of methoxy groups -OCH3 is 1. The predicted octanol–water partition coefficient (Wildman–Crippen LogP) is 4.67. The second-order valence-corrected chi connectivity index (χ2v) is 11.9. The van der Waals surface area contributed by atoms with Gasteiger partial charge in [0.1, 0.15) is 11.9 Å². The van der Waals surface area contributed by atoms with Gasteiger partial charge in [0.05, 0.1) is 29.6 Å². The van der Waals surface area contributed by atoms with Gasteiger partial charge in [0.2, 0.25) is 5.91 Å². The number of hydrogen-bond donors (Lipinski definition) is 0. The maximum absolute atomic E-state index is 13.6. The highest BCUT2D eigenvalue weighted by molar-refractivity contribution is 6.42. The molecule has 0 aromatic heterocycles. The van der Waals surface area contributed by atoms with Crippen molar-refractivity contribution in [2.24, 2.45) is 5.92 Å². The molecule has 9 heteroatoms. The molecule has 1 spiro atoms. The molecule has 1 saturated carbocycles. The smallest absolute Gasteiger partial charge is 0.308 e. The number of likely N-dealkylation sites (N-methyl/N-ethyl adjacent to an activating group) is 2. The van der Waals surface area contributed by atoms with Crippen LogP contribution in [0, 0.1) is 5.92 Å². The lowest BCUT2D eigenvalue weighted by Crippen LogP contribution is -2.68. The molecule has 2 aromatic carbocycles. The van der Waals surface area contributed by atoms with Crippen LogP contribution in [0.15, 0.2) is 24.3 Å². The Hall–Kier alpha value is -2.48. The Morgan fingerprint density at radius 2 is 1.97 bits per heavy atom. The van der Waals surface area contributed by atoms with Crippen LogP contribution in [0.1, 0.15) is 42.9 Å². The molecule has 6 rings (SSSR count). The van der Waals surface area contributed by atoms with Crippen molar-refractivity contribution < 1.29 is 23.8 Å². The van der Waals surface area contributed by atoms with E-state index in [-0.39, 0.29) is 35.9 Å². The van der Waals surface area contributed by atoms with E-state index < -0.39 is 0 Å². The summed E-state index contributed by atoms with van der Waals surface area (Å²) < 4.78 is 18.3. The van der Waals surface area contributed by atoms with Gasteiger partial charge in [-0.25, -0.2) is 0 Å². The molecule has 5 atom stereocenters. The van der Waals surface area contributed by atoms with Crippen LogP contribution in [0.4, 0.5) is 0 Å². The molecule has 0 unspecified atom stereocenters. The van der Waals surface area contributed by atoms with Crippen LogP contribution in [0.3, 0.4) is 0 Å². The zero-order chi connectivity index (χ0) is 26.9. The van der Waals surface area contributed by atoms with E-state index in [1.54, 1.807) is 25.3 Å². The summed E-state index contributed by atoms with van der Waals surface area (Å²) in [4.78, 5) is 29.9. The van der Waals surface area contributed by atoms with Crippen molar-refractivity contribution >= 4 is 35.1 Å². The Labute approximate surface area is 232 Å². The first kappa shape index (κ1) is 25.8. The first-order valence-corrected chi connectivity index (χ1v) is 13.9. The molecule has 2 aliphatic heterocycles. The average molecular weight is 559 g/mol. The highest BCUT2D eigenvalue weighted by Gasteiger charge is 2.66. The number of likely N-dealkylation sites (tertiary alicyclic amines) is 1. The van der Waals surface area contributed by atoms with E-state index in [0.717, 1.165) is 54.7 Å². The summed E-state index contributed by atoms with van der Waals surface area (Å²) in [6.45, 7) is 2.36. The first-order valence-electron chi connectivity index (χ1n) is 13.1. The van der Waals surface area contributed by atoms with Gasteiger partial charge in [0.25, 0.3) is 0 Å². The number of amides is 1. The van der Waals surface area contributed by atoms with E-state index >= 15 is 0 Å². The fourth-order valence-corrected chi connectivity index (χ4v) is 8.00. The molecule has 202 valence electrons. The molecule has 1 amide bonds. The Bertz CT molecular complexity index is 1330. The number of piperidine rings is 1. The second kappa shape index (κ2) is 9.32. The lowest BCUT2D eigenvalue weighted by atomic mass is 9.51. The average Bonchev–Trinajstić information content (AvgIpc) is 3.22. The Morgan fingerprint density at radius 1 is 1.18 bits per heavy atom. The number of halogens is 2. The van der Waals surface area contributed by atoms with Crippen LogP contribution < -0.4 is 14.2 Å². The van der Waals surface area contributed by atoms with Gasteiger partial charge in [-0.05, 0) is 62.9 Å². The standard InChI is InChI=1S/C29H32Cl2N2O5/c1-15(34)37-23-14-24(36-4)27-26-17(23)13-22-18-6-8-21(28(38-27)29(18,26)9-10-32(22)2)33(3)25(35)12-16-5-7-19(30)20(31)11-16/h5,7,11,14,18,21-22,28H,6,8-10,12-13H2,1-4H3/t18-,21-,22+,28-,29-/m0/s1. The van der Waals surface area contributed by atoms with Crippen molar-refractivity contribution in [3.63, 3.8) is 0 Å². The van der Waals surface area contributed by atoms with Gasteiger partial charge in [0, 0.05) is 42.6 Å². The van der Waals surface area contributed by atoms with Crippen molar-refractivity contribution in [1.29, 1.82) is 0 Å². The number of nitrogens with zero attached hydrogens (tertiary/aromatic N) is 2. The Kier molecular flexibility index (Phi) is 6.32. The number of hydrogen-bond acceptors (Lipinski definition) is 6. The van der Waals surface area contributed by atoms with Gasteiger partial charge < -0.3 is 24.0 Å². The van der Waals surface area contributed by atoms with Crippen molar-refractivity contribution in [2.45, 2.75) is 62.6 Å². The molecule has 4 aliphatic rings. The fraction of sp³-hybridized carbons (Fsp3) is 0.517. The summed E-state index contributed by atoms with van der Waals surface area (Å²) >= 11 is 12.3. The lowest BCUT2D eigenvalue weighted by molar-refractivity contribution is -0.139. The SMILES string of the molecule is COc1cc(OC(C)=O)c2c3c1O[C@H]1[C@@H](N(C)C(=O)Cc4ccc(Cl)c(Cl)c4)CC[C@H]4[C@@H](C2)N(C)CC[C@@]341. The molecule has 2 fully saturated rings. The van der Waals surface area contributed by atoms with Crippen LogP contribution >= 0.6 is 23.2 Å². The summed E-state index contributed by atoms with van der Waals surface area (Å²) in [6.07, 6.45) is 3.57. The van der Waals surface area contributed by atoms with Gasteiger partial charge >= 0.3 is 5.97 Å². The zero-order valence-electron chi connectivity index (χ0n) is 22.1. The summed E-state index contributed by atoms with van der Waals surface area (Å²) in [6, 6.07) is 7.31. The van der Waals surface area contributed by atoms with Crippen LogP contribution in [0.2, 0.25) is 10.0 Å². The van der Waals surface area contributed by atoms with Gasteiger partial charge in [-0.1, -0.05) is 29.3 Å². The molecular weight excluding hydrogens is 527 g/mol. The number of esters is 1. The topological polar surface area (TPSA) is 68.3 Å². The molecule has 2 bridgehead atoms. The van der Waals surface area contributed by atoms with Crippen LogP contribution in [0.5, 0.6) is 17.2 Å². The third kappa shape index (κ3) is 3.73. The number of benzene rings is 2. The van der Waals surface area contributed by atoms with Crippen molar-refractivity contribution in [3.8, 4) is 17.2 Å². The maximum Gasteiger partial charge on any atom is 0.308 e. The van der Waals surface area contributed by atoms with Crippen LogP contribution in [-0.2, 0) is 27.8 Å². The third-order valence-corrected chi connectivity index (χ3v) is 10.1. The zero-order valence-corrected chi connectivity index (χ0v) is 23.6. The predicted molar refractivity (Wildman–Crippen MR) is 145 cm³/mol. The van der Waals surface area contributed by atoms with E-state index in [1.165, 1.54) is 6.92 Å². The summed E-state index contributed by atoms with van der Waals surface area (Å²) in [5.74, 6) is 1.91. The minimum atomic E-state index is -0.356. The molecule has 0 N–H and O–H groups in total. The van der Waals surface area contributed by atoms with E-state index in [1.807, 2.05) is 18.0 Å². The molecule has 1 saturated heterocycles. The quantitative estimate of drug-likeness (QED) is 0.392. The van der Waals surface area contributed by atoms with Crippen molar-refractivity contribution in [3.05, 3.63) is 51.0 Å². The normalized spacial score (nSPS) is 28.8. The number of carbonyl (C=O) groups excluding carboxylic acids is 2. The van der Waals surface area contributed by atoms with Crippen LogP contribution in [0.25, 0.3) is 0 Å². The second-order valence-electron chi connectivity index (χ2n) is 11.1. The Morgan fingerprint density at radius 3 is 2.68 bits per heavy atom. The minimum Gasteiger partial charge on any atom is -0.493 e. The van der Waals surface area contributed by atoms with Gasteiger partial charge in [0.15, 0.2) is 11.5 Å². The molecule has 38 heavy (non-hydrogen) atoms. The summed E-state index contributed by atoms with van der Waals surface area (Å²) in [5, 5.41) is 0.911. The molecule has 2 aromatic rings. The van der Waals surface area contributed by atoms with Gasteiger partial charge in [-0.3, -0.25) is 9.59 Å². The number of rotatable bonds is 5. The minimum absolute atomic E-state index is 0.0101. The van der Waals surface area contributed by atoms with Crippen LogP contribution in [-0.4, -0.2) is 67.6 Å². The molecule has 2 aliphatic carbocycles. The summed E-state index contributed by atoms with van der Waals surface area (Å²) in [5.41, 5.74) is 2.72. The highest BCUT2D eigenvalue weighted by Crippen LogP contribution is 2.65. The Balaban J connectivity index is 1.40. The van der Waals surface area contributed by atoms with E-state index in [2.05, 4.69) is 11.9 Å². The largest absolute Gasteiger partial charge is 0.493 e. The van der Waals surface area contributed by atoms with E-state index in [9.17, 15) is 9.59 Å². The monoisotopic (exact) mass is 558 g/mol. The number of ether oxygens (including phenoxy) is 3. The lowest BCUT2D eigenvalue weighted by Gasteiger charge is -2.59. The molecular formula is C29H32Cl2N2O5. The van der Waals surface area contributed by atoms with E-state index in [0.29, 0.717) is 33.5 Å². The first-order chi connectivity index (χ1) is 18.1. The van der Waals surface area contributed by atoms with Gasteiger partial charge in [-0.15, -0.1) is 0 Å². The third-order valence-electron chi connectivity index (χ3n) is 9.34. The fourth-order valence-electron chi connectivity index (χ4n) is 7.68. The molecule has 2 heterocycles.